The Morgan fingerprint density at radius 2 is 1.45 bits per heavy atom. The predicted molar refractivity (Wildman–Crippen MR) is 142 cm³/mol. The molecule has 0 N–H and O–H groups in total. The summed E-state index contributed by atoms with van der Waals surface area (Å²) >= 11 is 3.36. The normalized spacial score (nSPS) is 23.8. The number of ketones is 2. The summed E-state index contributed by atoms with van der Waals surface area (Å²) in [7, 11) is 0. The molecule has 2 amide bonds. The fourth-order valence-electron chi connectivity index (χ4n) is 5.61. The van der Waals surface area contributed by atoms with Crippen LogP contribution in [0.1, 0.15) is 20.7 Å². The first kappa shape index (κ1) is 24.2. The standard InChI is InChI=1S/C30H20BrFN2O4/c31-20-12-10-18(11-13-20)28(36)26-25-24(29(37)34(30(25)38)22-9-5-4-8-21(22)32)23-16-19(14-15-33(23)26)27(35)17-6-2-1-3-7-17/h1-16,23-26H/t23-,24+,25-,26-/m1/s1. The van der Waals surface area contributed by atoms with Gasteiger partial charge in [0, 0.05) is 27.4 Å². The third-order valence-electron chi connectivity index (χ3n) is 7.34. The highest BCUT2D eigenvalue weighted by atomic mass is 79.9. The van der Waals surface area contributed by atoms with Gasteiger partial charge >= 0.3 is 0 Å². The molecule has 3 aromatic carbocycles. The number of rotatable bonds is 5. The number of carbonyl (C=O) groups is 4. The third-order valence-corrected chi connectivity index (χ3v) is 7.87. The Morgan fingerprint density at radius 3 is 2.16 bits per heavy atom. The maximum absolute atomic E-state index is 14.7. The molecule has 0 unspecified atom stereocenters. The second-order valence-corrected chi connectivity index (χ2v) is 10.3. The average Bonchev–Trinajstić information content (AvgIpc) is 3.41. The summed E-state index contributed by atoms with van der Waals surface area (Å²) in [6, 6.07) is 19.3. The van der Waals surface area contributed by atoms with Crippen LogP contribution in [0.3, 0.4) is 0 Å². The number of nitrogens with zero attached hydrogens (tertiary/aromatic N) is 2. The largest absolute Gasteiger partial charge is 0.359 e. The van der Waals surface area contributed by atoms with E-state index < -0.39 is 41.6 Å². The number of allylic oxidation sites excluding steroid dienone is 2. The first-order valence-corrected chi connectivity index (χ1v) is 12.9. The van der Waals surface area contributed by atoms with Gasteiger partial charge in [-0.3, -0.25) is 19.2 Å². The van der Waals surface area contributed by atoms with E-state index in [2.05, 4.69) is 15.9 Å². The fourth-order valence-corrected chi connectivity index (χ4v) is 5.87. The van der Waals surface area contributed by atoms with Crippen LogP contribution in [-0.4, -0.2) is 40.4 Å². The van der Waals surface area contributed by atoms with Gasteiger partial charge in [0.15, 0.2) is 11.6 Å². The van der Waals surface area contributed by atoms with Crippen molar-refractivity contribution in [1.82, 2.24) is 4.90 Å². The lowest BCUT2D eigenvalue weighted by molar-refractivity contribution is -0.123. The Morgan fingerprint density at radius 1 is 0.789 bits per heavy atom. The average molecular weight is 571 g/mol. The van der Waals surface area contributed by atoms with Gasteiger partial charge in [0.2, 0.25) is 11.8 Å². The Labute approximate surface area is 226 Å². The van der Waals surface area contributed by atoms with E-state index in [9.17, 15) is 23.6 Å². The molecule has 0 aromatic heterocycles. The maximum Gasteiger partial charge on any atom is 0.240 e. The van der Waals surface area contributed by atoms with Crippen LogP contribution in [0.5, 0.6) is 0 Å². The SMILES string of the molecule is O=C(C1=C[C@@H]2[C@@H]3C(=O)N(c4ccccc4F)C(=O)[C@H]3[C@H](C(=O)c3ccc(Br)cc3)N2C=C1)c1ccccc1. The summed E-state index contributed by atoms with van der Waals surface area (Å²) in [5, 5.41) is 0. The Bertz CT molecular complexity index is 1550. The second kappa shape index (κ2) is 9.29. The lowest BCUT2D eigenvalue weighted by Crippen LogP contribution is -2.46. The molecule has 0 bridgehead atoms. The molecular formula is C30H20BrFN2O4. The summed E-state index contributed by atoms with van der Waals surface area (Å²) in [4.78, 5) is 57.1. The Balaban J connectivity index is 1.44. The van der Waals surface area contributed by atoms with Crippen LogP contribution in [0.15, 0.2) is 107 Å². The molecule has 6 rings (SSSR count). The summed E-state index contributed by atoms with van der Waals surface area (Å²) in [5.74, 6) is -4.51. The zero-order valence-corrected chi connectivity index (χ0v) is 21.4. The van der Waals surface area contributed by atoms with Gasteiger partial charge in [-0.05, 0) is 30.3 Å². The highest BCUT2D eigenvalue weighted by Crippen LogP contribution is 2.47. The van der Waals surface area contributed by atoms with Crippen LogP contribution < -0.4 is 4.90 Å². The van der Waals surface area contributed by atoms with E-state index >= 15 is 0 Å². The molecule has 188 valence electrons. The van der Waals surface area contributed by atoms with Crippen LogP contribution >= 0.6 is 15.9 Å². The number of para-hydroxylation sites is 1. The molecule has 6 nitrogen and oxygen atoms in total. The lowest BCUT2D eigenvalue weighted by atomic mass is 9.85. The molecule has 3 aliphatic heterocycles. The fraction of sp³-hybridized carbons (Fsp3) is 0.133. The molecule has 0 radical (unpaired) electrons. The van der Waals surface area contributed by atoms with Gasteiger partial charge in [0.25, 0.3) is 0 Å². The van der Waals surface area contributed by atoms with Gasteiger partial charge in [-0.15, -0.1) is 0 Å². The zero-order valence-electron chi connectivity index (χ0n) is 19.8. The van der Waals surface area contributed by atoms with Crippen molar-refractivity contribution in [2.45, 2.75) is 12.1 Å². The van der Waals surface area contributed by atoms with E-state index in [-0.39, 0.29) is 17.3 Å². The van der Waals surface area contributed by atoms with E-state index in [0.717, 1.165) is 9.37 Å². The summed E-state index contributed by atoms with van der Waals surface area (Å²) < 4.78 is 15.5. The number of halogens is 2. The van der Waals surface area contributed by atoms with Gasteiger partial charge in [0.1, 0.15) is 11.9 Å². The Kier molecular flexibility index (Phi) is 5.91. The van der Waals surface area contributed by atoms with E-state index in [1.807, 2.05) is 6.07 Å². The quantitative estimate of drug-likeness (QED) is 0.320. The van der Waals surface area contributed by atoms with Crippen LogP contribution in [0.25, 0.3) is 0 Å². The van der Waals surface area contributed by atoms with E-state index in [0.29, 0.717) is 16.7 Å². The monoisotopic (exact) mass is 570 g/mol. The number of carbonyl (C=O) groups excluding carboxylic acids is 4. The molecule has 38 heavy (non-hydrogen) atoms. The summed E-state index contributed by atoms with van der Waals surface area (Å²) in [5.41, 5.74) is 1.08. The highest BCUT2D eigenvalue weighted by molar-refractivity contribution is 9.10. The lowest BCUT2D eigenvalue weighted by Gasteiger charge is -2.32. The molecule has 4 atom stereocenters. The Hall–Kier alpha value is -4.17. The molecule has 0 saturated carbocycles. The van der Waals surface area contributed by atoms with Crippen molar-refractivity contribution in [3.63, 3.8) is 0 Å². The molecule has 0 aliphatic carbocycles. The maximum atomic E-state index is 14.7. The van der Waals surface area contributed by atoms with Gasteiger partial charge in [-0.1, -0.05) is 76.6 Å². The number of Topliss-reactive ketones (excluding diaryl/α,β-unsaturated/α-hetero) is 2. The van der Waals surface area contributed by atoms with Crippen molar-refractivity contribution in [3.8, 4) is 0 Å². The number of fused-ring (bicyclic) bond motifs is 3. The number of benzene rings is 3. The van der Waals surface area contributed by atoms with Gasteiger partial charge in [0.05, 0.1) is 23.6 Å². The predicted octanol–water partition coefficient (Wildman–Crippen LogP) is 4.97. The van der Waals surface area contributed by atoms with E-state index in [1.165, 1.54) is 18.2 Å². The van der Waals surface area contributed by atoms with Crippen molar-refractivity contribution in [3.05, 3.63) is 124 Å². The summed E-state index contributed by atoms with van der Waals surface area (Å²) in [6.07, 6.45) is 4.88. The second-order valence-electron chi connectivity index (χ2n) is 9.40. The van der Waals surface area contributed by atoms with Crippen molar-refractivity contribution in [2.75, 3.05) is 4.90 Å². The van der Waals surface area contributed by atoms with Crippen LogP contribution in [-0.2, 0) is 9.59 Å². The molecule has 2 saturated heterocycles. The molecule has 0 spiro atoms. The number of imide groups is 1. The molecule has 3 aromatic rings. The topological polar surface area (TPSA) is 74.8 Å². The van der Waals surface area contributed by atoms with Crippen molar-refractivity contribution in [2.24, 2.45) is 11.8 Å². The highest BCUT2D eigenvalue weighted by Gasteiger charge is 2.63. The smallest absolute Gasteiger partial charge is 0.240 e. The zero-order chi connectivity index (χ0) is 26.6. The van der Waals surface area contributed by atoms with Crippen molar-refractivity contribution in [1.29, 1.82) is 0 Å². The van der Waals surface area contributed by atoms with Gasteiger partial charge in [-0.25, -0.2) is 9.29 Å². The number of hydrogen-bond acceptors (Lipinski definition) is 5. The number of anilines is 1. The van der Waals surface area contributed by atoms with Gasteiger partial charge < -0.3 is 4.90 Å². The van der Waals surface area contributed by atoms with Crippen LogP contribution in [0.4, 0.5) is 10.1 Å². The first-order chi connectivity index (χ1) is 18.4. The van der Waals surface area contributed by atoms with E-state index in [1.54, 1.807) is 77.8 Å². The van der Waals surface area contributed by atoms with E-state index in [4.69, 9.17) is 0 Å². The minimum absolute atomic E-state index is 0.144. The molecule has 3 aliphatic rings. The molecule has 3 heterocycles. The van der Waals surface area contributed by atoms with Crippen LogP contribution in [0, 0.1) is 17.7 Å². The summed E-state index contributed by atoms with van der Waals surface area (Å²) in [6.45, 7) is 0. The van der Waals surface area contributed by atoms with Gasteiger partial charge in [-0.2, -0.15) is 0 Å². The van der Waals surface area contributed by atoms with Crippen molar-refractivity contribution >= 4 is 45.0 Å². The molecule has 8 heteroatoms. The first-order valence-electron chi connectivity index (χ1n) is 12.1. The third kappa shape index (κ3) is 3.75. The molecule has 2 fully saturated rings. The number of hydrogen-bond donors (Lipinski definition) is 0. The minimum atomic E-state index is -1.05. The minimum Gasteiger partial charge on any atom is -0.359 e. The van der Waals surface area contributed by atoms with Crippen LogP contribution in [0.2, 0.25) is 0 Å². The molecular weight excluding hydrogens is 551 g/mol. The number of amides is 2. The van der Waals surface area contributed by atoms with Crippen molar-refractivity contribution < 1.29 is 23.6 Å².